The number of rotatable bonds is 2. The van der Waals surface area contributed by atoms with Crippen molar-refractivity contribution in [2.45, 2.75) is 17.1 Å². The molecular weight excluding hydrogens is 360 g/mol. The van der Waals surface area contributed by atoms with E-state index in [1.165, 1.54) is 13.2 Å². The number of methoxy groups -OCH3 is 1. The molecule has 130 valence electrons. The lowest BCUT2D eigenvalue weighted by atomic mass is 10.2. The number of ether oxygens (including phenoxy) is 1. The number of halogens is 1. The lowest BCUT2D eigenvalue weighted by Gasteiger charge is -2.32. The van der Waals surface area contributed by atoms with Gasteiger partial charge in [-0.1, -0.05) is 30.7 Å². The predicted octanol–water partition coefficient (Wildman–Crippen LogP) is 4.66. The fourth-order valence-corrected chi connectivity index (χ4v) is 3.96. The lowest BCUT2D eigenvalue weighted by molar-refractivity contribution is 0.0602. The minimum Gasteiger partial charge on any atom is -0.465 e. The number of hydrogen-bond donors (Lipinski definition) is 1. The highest BCUT2D eigenvalue weighted by Gasteiger charge is 2.27. The molecule has 7 heteroatoms. The number of nitrogens with one attached hydrogen (secondary N) is 1. The number of hydrogen-bond acceptors (Lipinski definition) is 4. The molecule has 2 aromatic rings. The van der Waals surface area contributed by atoms with Crippen LogP contribution in [0.2, 0.25) is 5.02 Å². The molecule has 1 aliphatic heterocycles. The smallest absolute Gasteiger partial charge is 0.339 e. The molecule has 1 N–H and O–H groups in total. The van der Waals surface area contributed by atoms with Crippen LogP contribution < -0.4 is 10.2 Å². The molecule has 1 atom stereocenters. The number of nitrogens with zero attached hydrogens (tertiary/aromatic N) is 1. The van der Waals surface area contributed by atoms with E-state index in [1.807, 2.05) is 24.3 Å². The molecule has 2 aromatic carbocycles. The number of fused-ring (bicyclic) bond motifs is 1. The summed E-state index contributed by atoms with van der Waals surface area (Å²) in [5.41, 5.74) is 1.44. The first-order valence-corrected chi connectivity index (χ1v) is 8.97. The number of thioether (sulfide) groups is 1. The van der Waals surface area contributed by atoms with Crippen LogP contribution in [-0.2, 0) is 4.74 Å². The molecule has 0 saturated carbocycles. The average molecular weight is 377 g/mol. The average Bonchev–Trinajstić information content (AvgIpc) is 2.60. The molecule has 0 fully saturated rings. The van der Waals surface area contributed by atoms with Crippen molar-refractivity contribution >= 4 is 46.7 Å². The maximum absolute atomic E-state index is 12.9. The van der Waals surface area contributed by atoms with Gasteiger partial charge in [-0.15, -0.1) is 11.8 Å². The van der Waals surface area contributed by atoms with Gasteiger partial charge in [0.1, 0.15) is 0 Å². The van der Waals surface area contributed by atoms with E-state index >= 15 is 0 Å². The molecule has 2 amide bonds. The van der Waals surface area contributed by atoms with Gasteiger partial charge in [0, 0.05) is 21.7 Å². The zero-order chi connectivity index (χ0) is 18.0. The molecular formula is C18H17ClN2O3S. The maximum atomic E-state index is 12.9. The van der Waals surface area contributed by atoms with Gasteiger partial charge in [0.2, 0.25) is 0 Å². The number of carbonyl (C=O) groups is 2. The molecule has 3 rings (SSSR count). The van der Waals surface area contributed by atoms with E-state index in [0.717, 1.165) is 10.6 Å². The van der Waals surface area contributed by atoms with E-state index < -0.39 is 5.97 Å². The zero-order valence-electron chi connectivity index (χ0n) is 13.8. The van der Waals surface area contributed by atoms with Crippen molar-refractivity contribution in [2.24, 2.45) is 0 Å². The molecule has 0 spiro atoms. The van der Waals surface area contributed by atoms with Gasteiger partial charge in [-0.3, -0.25) is 4.90 Å². The van der Waals surface area contributed by atoms with Crippen LogP contribution in [0, 0.1) is 0 Å². The first-order chi connectivity index (χ1) is 12.0. The van der Waals surface area contributed by atoms with Crippen molar-refractivity contribution in [3.8, 4) is 0 Å². The summed E-state index contributed by atoms with van der Waals surface area (Å²) in [6.45, 7) is 2.64. The maximum Gasteiger partial charge on any atom is 0.339 e. The van der Waals surface area contributed by atoms with Gasteiger partial charge in [-0.25, -0.2) is 9.59 Å². The first kappa shape index (κ1) is 17.6. The van der Waals surface area contributed by atoms with Crippen LogP contribution in [-0.4, -0.2) is 30.9 Å². The third kappa shape index (κ3) is 3.75. The lowest BCUT2D eigenvalue weighted by Crippen LogP contribution is -2.41. The van der Waals surface area contributed by atoms with E-state index in [-0.39, 0.29) is 16.8 Å². The summed E-state index contributed by atoms with van der Waals surface area (Å²) in [6.07, 6.45) is 0. The first-order valence-electron chi connectivity index (χ1n) is 7.71. The van der Waals surface area contributed by atoms with Gasteiger partial charge < -0.3 is 10.1 Å². The Labute approximate surface area is 155 Å². The van der Waals surface area contributed by atoms with Crippen LogP contribution in [0.3, 0.4) is 0 Å². The number of esters is 1. The number of urea groups is 1. The Morgan fingerprint density at radius 3 is 2.80 bits per heavy atom. The summed E-state index contributed by atoms with van der Waals surface area (Å²) in [5, 5.41) is 3.48. The molecule has 0 aliphatic carbocycles. The van der Waals surface area contributed by atoms with Crippen molar-refractivity contribution in [1.82, 2.24) is 0 Å². The third-order valence-electron chi connectivity index (χ3n) is 3.80. The number of amides is 2. The number of benzene rings is 2. The second kappa shape index (κ2) is 7.37. The van der Waals surface area contributed by atoms with E-state index in [2.05, 4.69) is 12.2 Å². The van der Waals surface area contributed by atoms with Crippen molar-refractivity contribution < 1.29 is 14.3 Å². The van der Waals surface area contributed by atoms with Gasteiger partial charge in [-0.05, 0) is 30.3 Å². The molecule has 1 aliphatic rings. The van der Waals surface area contributed by atoms with Crippen LogP contribution in [0.25, 0.3) is 0 Å². The standard InChI is InChI=1S/C18H17ClN2O3S/c1-11-10-21(15-5-3-4-6-16(15)25-11)18(23)20-14-9-12(19)7-8-13(14)17(22)24-2/h3-9,11H,10H2,1-2H3,(H,20,23)/t11-/m0/s1. The van der Waals surface area contributed by atoms with Gasteiger partial charge in [0.25, 0.3) is 0 Å². The second-order valence-corrected chi connectivity index (χ2v) is 7.54. The fraction of sp³-hybridized carbons (Fsp3) is 0.222. The minimum atomic E-state index is -0.532. The minimum absolute atomic E-state index is 0.257. The molecule has 0 saturated heterocycles. The Balaban J connectivity index is 1.91. The van der Waals surface area contributed by atoms with Crippen LogP contribution in [0.1, 0.15) is 17.3 Å². The van der Waals surface area contributed by atoms with Crippen molar-refractivity contribution in [1.29, 1.82) is 0 Å². The Bertz CT molecular complexity index is 828. The summed E-state index contributed by atoms with van der Waals surface area (Å²) in [5.74, 6) is -0.532. The number of carbonyl (C=O) groups excluding carboxylic acids is 2. The SMILES string of the molecule is COC(=O)c1ccc(Cl)cc1NC(=O)N1C[C@H](C)Sc2ccccc21. The van der Waals surface area contributed by atoms with Crippen LogP contribution in [0.5, 0.6) is 0 Å². The van der Waals surface area contributed by atoms with Crippen LogP contribution in [0.15, 0.2) is 47.4 Å². The third-order valence-corrected chi connectivity index (χ3v) is 5.18. The van der Waals surface area contributed by atoms with E-state index in [9.17, 15) is 9.59 Å². The number of para-hydroxylation sites is 1. The second-order valence-electron chi connectivity index (χ2n) is 5.62. The van der Waals surface area contributed by atoms with Gasteiger partial charge in [0.15, 0.2) is 0 Å². The molecule has 0 aromatic heterocycles. The monoisotopic (exact) mass is 376 g/mol. The normalized spacial score (nSPS) is 16.1. The summed E-state index contributed by atoms with van der Waals surface area (Å²) in [4.78, 5) is 27.5. The summed E-state index contributed by atoms with van der Waals surface area (Å²) < 4.78 is 4.77. The molecule has 5 nitrogen and oxygen atoms in total. The van der Waals surface area contributed by atoms with Crippen molar-refractivity contribution in [3.63, 3.8) is 0 Å². The summed E-state index contributed by atoms with van der Waals surface area (Å²) >= 11 is 7.75. The van der Waals surface area contributed by atoms with Gasteiger partial charge in [0.05, 0.1) is 24.0 Å². The predicted molar refractivity (Wildman–Crippen MR) is 101 cm³/mol. The molecule has 25 heavy (non-hydrogen) atoms. The Morgan fingerprint density at radius 2 is 2.04 bits per heavy atom. The number of anilines is 2. The summed E-state index contributed by atoms with van der Waals surface area (Å²) in [6, 6.07) is 12.1. The topological polar surface area (TPSA) is 58.6 Å². The van der Waals surface area contributed by atoms with E-state index in [1.54, 1.807) is 28.8 Å². The highest BCUT2D eigenvalue weighted by Crippen LogP contribution is 2.38. The Morgan fingerprint density at radius 1 is 1.28 bits per heavy atom. The quantitative estimate of drug-likeness (QED) is 0.774. The molecule has 0 unspecified atom stereocenters. The molecule has 0 radical (unpaired) electrons. The van der Waals surface area contributed by atoms with E-state index in [0.29, 0.717) is 17.3 Å². The largest absolute Gasteiger partial charge is 0.465 e. The Kier molecular flexibility index (Phi) is 5.20. The van der Waals surface area contributed by atoms with Crippen LogP contribution >= 0.6 is 23.4 Å². The summed E-state index contributed by atoms with van der Waals surface area (Å²) in [7, 11) is 1.29. The molecule has 1 heterocycles. The Hall–Kier alpha value is -2.18. The zero-order valence-corrected chi connectivity index (χ0v) is 15.4. The van der Waals surface area contributed by atoms with Gasteiger partial charge in [-0.2, -0.15) is 0 Å². The highest BCUT2D eigenvalue weighted by molar-refractivity contribution is 8.00. The molecule has 0 bridgehead atoms. The van der Waals surface area contributed by atoms with Gasteiger partial charge >= 0.3 is 12.0 Å². The highest BCUT2D eigenvalue weighted by atomic mass is 35.5. The van der Waals surface area contributed by atoms with Crippen molar-refractivity contribution in [3.05, 3.63) is 53.1 Å². The van der Waals surface area contributed by atoms with E-state index in [4.69, 9.17) is 16.3 Å². The van der Waals surface area contributed by atoms with Crippen LogP contribution in [0.4, 0.5) is 16.2 Å². The van der Waals surface area contributed by atoms with Crippen molar-refractivity contribution in [2.75, 3.05) is 23.9 Å². The fourth-order valence-electron chi connectivity index (χ4n) is 2.67.